The highest BCUT2D eigenvalue weighted by molar-refractivity contribution is 5.55. The van der Waals surface area contributed by atoms with E-state index in [9.17, 15) is 4.39 Å². The maximum atomic E-state index is 12.9. The zero-order chi connectivity index (χ0) is 12.5. The van der Waals surface area contributed by atoms with Crippen LogP contribution in [0.15, 0.2) is 24.3 Å². The van der Waals surface area contributed by atoms with Gasteiger partial charge in [0.1, 0.15) is 11.6 Å². The van der Waals surface area contributed by atoms with Crippen LogP contribution in [0.25, 0.3) is 11.4 Å². The number of halogens is 1. The molecule has 3 rings (SSSR count). The molecule has 1 aromatic heterocycles. The lowest BCUT2D eigenvalue weighted by molar-refractivity contribution is 0.375. The summed E-state index contributed by atoms with van der Waals surface area (Å²) in [6.07, 6.45) is 1.98. The zero-order valence-corrected chi connectivity index (χ0v) is 10.0. The van der Waals surface area contributed by atoms with E-state index in [2.05, 4.69) is 14.8 Å². The standard InChI is InChI=1S/C13H15FN4/c14-11-4-2-10(3-5-11)13-17-16-12-6-1-9(7-15)8-18(12)13/h2-5,9H,1,6-8,15H2. The van der Waals surface area contributed by atoms with E-state index in [1.165, 1.54) is 12.1 Å². The van der Waals surface area contributed by atoms with Gasteiger partial charge in [0.15, 0.2) is 5.82 Å². The molecule has 1 aliphatic rings. The third kappa shape index (κ3) is 1.90. The quantitative estimate of drug-likeness (QED) is 0.875. The molecular weight excluding hydrogens is 231 g/mol. The second kappa shape index (κ2) is 4.49. The molecule has 0 fully saturated rings. The van der Waals surface area contributed by atoms with Crippen LogP contribution in [0.2, 0.25) is 0 Å². The third-order valence-corrected chi connectivity index (χ3v) is 3.48. The van der Waals surface area contributed by atoms with Crippen LogP contribution in [0.1, 0.15) is 12.2 Å². The second-order valence-corrected chi connectivity index (χ2v) is 4.70. The number of hydrogen-bond donors (Lipinski definition) is 1. The fourth-order valence-electron chi connectivity index (χ4n) is 2.40. The monoisotopic (exact) mass is 246 g/mol. The molecule has 0 radical (unpaired) electrons. The van der Waals surface area contributed by atoms with Crippen molar-refractivity contribution in [2.45, 2.75) is 19.4 Å². The van der Waals surface area contributed by atoms with E-state index in [4.69, 9.17) is 5.73 Å². The number of nitrogens with two attached hydrogens (primary N) is 1. The molecule has 0 saturated carbocycles. The van der Waals surface area contributed by atoms with Crippen LogP contribution in [0.4, 0.5) is 4.39 Å². The number of fused-ring (bicyclic) bond motifs is 1. The summed E-state index contributed by atoms with van der Waals surface area (Å²) in [6.45, 7) is 1.53. The fourth-order valence-corrected chi connectivity index (χ4v) is 2.40. The van der Waals surface area contributed by atoms with Gasteiger partial charge >= 0.3 is 0 Å². The van der Waals surface area contributed by atoms with E-state index in [1.807, 2.05) is 0 Å². The number of hydrogen-bond acceptors (Lipinski definition) is 3. The van der Waals surface area contributed by atoms with E-state index >= 15 is 0 Å². The van der Waals surface area contributed by atoms with Crippen LogP contribution in [-0.2, 0) is 13.0 Å². The molecule has 94 valence electrons. The summed E-state index contributed by atoms with van der Waals surface area (Å²) in [6, 6.07) is 6.36. The summed E-state index contributed by atoms with van der Waals surface area (Å²) in [7, 11) is 0. The van der Waals surface area contributed by atoms with Gasteiger partial charge in [0.05, 0.1) is 0 Å². The summed E-state index contributed by atoms with van der Waals surface area (Å²) in [5.74, 6) is 2.05. The summed E-state index contributed by atoms with van der Waals surface area (Å²) in [5, 5.41) is 8.42. The Morgan fingerprint density at radius 2 is 2.06 bits per heavy atom. The molecule has 1 unspecified atom stereocenters. The molecule has 4 nitrogen and oxygen atoms in total. The van der Waals surface area contributed by atoms with E-state index in [0.29, 0.717) is 12.5 Å². The molecule has 2 aromatic rings. The molecule has 0 saturated heterocycles. The van der Waals surface area contributed by atoms with Crippen molar-refractivity contribution in [3.8, 4) is 11.4 Å². The van der Waals surface area contributed by atoms with Crippen molar-refractivity contribution in [3.05, 3.63) is 35.9 Å². The first kappa shape index (κ1) is 11.3. The van der Waals surface area contributed by atoms with Crippen molar-refractivity contribution in [2.75, 3.05) is 6.54 Å². The maximum absolute atomic E-state index is 12.9. The van der Waals surface area contributed by atoms with E-state index in [1.54, 1.807) is 12.1 Å². The fraction of sp³-hybridized carbons (Fsp3) is 0.385. The van der Waals surface area contributed by atoms with Crippen molar-refractivity contribution in [2.24, 2.45) is 11.7 Å². The zero-order valence-electron chi connectivity index (χ0n) is 10.0. The topological polar surface area (TPSA) is 56.7 Å². The summed E-state index contributed by atoms with van der Waals surface area (Å²) >= 11 is 0. The summed E-state index contributed by atoms with van der Waals surface area (Å²) in [5.41, 5.74) is 6.63. The predicted molar refractivity (Wildman–Crippen MR) is 66.3 cm³/mol. The second-order valence-electron chi connectivity index (χ2n) is 4.70. The van der Waals surface area contributed by atoms with Crippen LogP contribution in [0.3, 0.4) is 0 Å². The lowest BCUT2D eigenvalue weighted by atomic mass is 9.99. The van der Waals surface area contributed by atoms with Gasteiger partial charge in [-0.25, -0.2) is 4.39 Å². The van der Waals surface area contributed by atoms with Gasteiger partial charge in [-0.2, -0.15) is 0 Å². The number of nitrogens with zero attached hydrogens (tertiary/aromatic N) is 3. The van der Waals surface area contributed by atoms with Crippen LogP contribution < -0.4 is 5.73 Å². The van der Waals surface area contributed by atoms with Crippen LogP contribution in [0, 0.1) is 11.7 Å². The molecule has 0 amide bonds. The van der Waals surface area contributed by atoms with Crippen LogP contribution in [0.5, 0.6) is 0 Å². The van der Waals surface area contributed by atoms with Crippen molar-refractivity contribution in [3.63, 3.8) is 0 Å². The first-order valence-corrected chi connectivity index (χ1v) is 6.16. The number of aryl methyl sites for hydroxylation is 1. The average molecular weight is 246 g/mol. The van der Waals surface area contributed by atoms with Crippen molar-refractivity contribution < 1.29 is 4.39 Å². The highest BCUT2D eigenvalue weighted by atomic mass is 19.1. The van der Waals surface area contributed by atoms with Gasteiger partial charge in [-0.15, -0.1) is 10.2 Å². The van der Waals surface area contributed by atoms with Gasteiger partial charge in [-0.3, -0.25) is 0 Å². The van der Waals surface area contributed by atoms with E-state index in [-0.39, 0.29) is 5.82 Å². The molecule has 0 bridgehead atoms. The molecule has 2 N–H and O–H groups in total. The Labute approximate surface area is 105 Å². The molecule has 2 heterocycles. The minimum absolute atomic E-state index is 0.239. The lowest BCUT2D eigenvalue weighted by Crippen LogP contribution is -2.26. The normalized spacial score (nSPS) is 18.7. The van der Waals surface area contributed by atoms with Crippen LogP contribution in [-0.4, -0.2) is 21.3 Å². The summed E-state index contributed by atoms with van der Waals surface area (Å²) in [4.78, 5) is 0. The Balaban J connectivity index is 1.99. The van der Waals surface area contributed by atoms with Crippen molar-refractivity contribution >= 4 is 0 Å². The Bertz CT molecular complexity index is 547. The molecular formula is C13H15FN4. The Morgan fingerprint density at radius 3 is 2.78 bits per heavy atom. The molecule has 1 aliphatic heterocycles. The van der Waals surface area contributed by atoms with Gasteiger partial charge in [0.2, 0.25) is 0 Å². The minimum Gasteiger partial charge on any atom is -0.330 e. The van der Waals surface area contributed by atoms with Gasteiger partial charge in [0.25, 0.3) is 0 Å². The van der Waals surface area contributed by atoms with Gasteiger partial charge < -0.3 is 10.3 Å². The molecule has 5 heteroatoms. The van der Waals surface area contributed by atoms with E-state index < -0.39 is 0 Å². The first-order chi connectivity index (χ1) is 8.78. The number of benzene rings is 1. The largest absolute Gasteiger partial charge is 0.330 e. The molecule has 0 spiro atoms. The first-order valence-electron chi connectivity index (χ1n) is 6.16. The molecule has 1 aromatic carbocycles. The van der Waals surface area contributed by atoms with Gasteiger partial charge in [-0.1, -0.05) is 0 Å². The predicted octanol–water partition coefficient (Wildman–Crippen LogP) is 1.61. The lowest BCUT2D eigenvalue weighted by Gasteiger charge is -2.22. The summed E-state index contributed by atoms with van der Waals surface area (Å²) < 4.78 is 15.0. The van der Waals surface area contributed by atoms with Crippen LogP contribution >= 0.6 is 0 Å². The van der Waals surface area contributed by atoms with Gasteiger partial charge in [0, 0.05) is 18.5 Å². The Kier molecular flexibility index (Phi) is 2.83. The molecule has 1 atom stereocenters. The highest BCUT2D eigenvalue weighted by Crippen LogP contribution is 2.25. The highest BCUT2D eigenvalue weighted by Gasteiger charge is 2.22. The van der Waals surface area contributed by atoms with E-state index in [0.717, 1.165) is 36.6 Å². The minimum atomic E-state index is -0.239. The molecule has 18 heavy (non-hydrogen) atoms. The maximum Gasteiger partial charge on any atom is 0.163 e. The number of rotatable bonds is 2. The Morgan fingerprint density at radius 1 is 1.28 bits per heavy atom. The SMILES string of the molecule is NCC1CCc2nnc(-c3ccc(F)cc3)n2C1. The smallest absolute Gasteiger partial charge is 0.163 e. The Hall–Kier alpha value is -1.75. The number of aromatic nitrogens is 3. The van der Waals surface area contributed by atoms with Gasteiger partial charge in [-0.05, 0) is 43.1 Å². The average Bonchev–Trinajstić information content (AvgIpc) is 2.82. The van der Waals surface area contributed by atoms with Crippen molar-refractivity contribution in [1.82, 2.24) is 14.8 Å². The van der Waals surface area contributed by atoms with Crippen molar-refractivity contribution in [1.29, 1.82) is 0 Å². The third-order valence-electron chi connectivity index (χ3n) is 3.48. The molecule has 0 aliphatic carbocycles.